The molecule has 0 aliphatic carbocycles. The van der Waals surface area contributed by atoms with E-state index in [0.717, 1.165) is 13.0 Å². The van der Waals surface area contributed by atoms with Gasteiger partial charge in [-0.3, -0.25) is 9.59 Å². The normalized spacial score (nSPS) is 28.1. The summed E-state index contributed by atoms with van der Waals surface area (Å²) in [6, 6.07) is 0. The Morgan fingerprint density at radius 1 is 1.36 bits per heavy atom. The highest BCUT2D eigenvalue weighted by Gasteiger charge is 2.39. The summed E-state index contributed by atoms with van der Waals surface area (Å²) >= 11 is 0. The fourth-order valence-corrected chi connectivity index (χ4v) is 2.07. The van der Waals surface area contributed by atoms with Crippen LogP contribution in [0.3, 0.4) is 0 Å². The van der Waals surface area contributed by atoms with Gasteiger partial charge in [0.15, 0.2) is 0 Å². The molecule has 0 aromatic rings. The second-order valence-electron chi connectivity index (χ2n) is 4.07. The maximum Gasteiger partial charge on any atom is 0.310 e. The van der Waals surface area contributed by atoms with Crippen molar-refractivity contribution in [3.05, 3.63) is 0 Å². The Morgan fingerprint density at radius 2 is 2.07 bits per heavy atom. The van der Waals surface area contributed by atoms with Gasteiger partial charge < -0.3 is 10.4 Å². The van der Waals surface area contributed by atoms with Crippen molar-refractivity contribution in [1.82, 2.24) is 5.32 Å². The first kappa shape index (κ1) is 11.2. The van der Waals surface area contributed by atoms with Crippen LogP contribution in [0, 0.1) is 5.41 Å². The molecule has 0 aromatic heterocycles. The summed E-state index contributed by atoms with van der Waals surface area (Å²) in [6.07, 6.45) is 2.17. The largest absolute Gasteiger partial charge is 0.481 e. The number of aliphatic carboxylic acids is 1. The number of carboxylic acids is 1. The summed E-state index contributed by atoms with van der Waals surface area (Å²) in [5.74, 6) is -0.856. The van der Waals surface area contributed by atoms with Crippen molar-refractivity contribution in [2.75, 3.05) is 13.1 Å². The molecule has 1 aliphatic rings. The third-order valence-corrected chi connectivity index (χ3v) is 2.83. The van der Waals surface area contributed by atoms with Gasteiger partial charge in [0.1, 0.15) is 5.78 Å². The number of ketones is 1. The average Bonchev–Trinajstić information content (AvgIpc) is 2.29. The smallest absolute Gasteiger partial charge is 0.310 e. The monoisotopic (exact) mass is 199 g/mol. The highest BCUT2D eigenvalue weighted by Crippen LogP contribution is 2.34. The van der Waals surface area contributed by atoms with Crippen LogP contribution in [0.4, 0.5) is 0 Å². The first-order chi connectivity index (χ1) is 6.57. The van der Waals surface area contributed by atoms with Crippen molar-refractivity contribution in [1.29, 1.82) is 0 Å². The lowest BCUT2D eigenvalue weighted by Gasteiger charge is -2.26. The van der Waals surface area contributed by atoms with Crippen LogP contribution in [-0.2, 0) is 9.59 Å². The van der Waals surface area contributed by atoms with Gasteiger partial charge in [0.25, 0.3) is 0 Å². The van der Waals surface area contributed by atoms with Crippen LogP contribution in [0.25, 0.3) is 0 Å². The lowest BCUT2D eigenvalue weighted by molar-refractivity contribution is -0.152. The van der Waals surface area contributed by atoms with Crippen molar-refractivity contribution in [3.8, 4) is 0 Å². The lowest BCUT2D eigenvalue weighted by Crippen LogP contribution is -2.34. The second-order valence-corrected chi connectivity index (χ2v) is 4.07. The molecule has 1 aliphatic heterocycles. The Hall–Kier alpha value is -0.900. The Kier molecular flexibility index (Phi) is 3.63. The molecule has 0 spiro atoms. The number of hydrogen-bond donors (Lipinski definition) is 2. The molecule has 0 radical (unpaired) electrons. The van der Waals surface area contributed by atoms with Crippen LogP contribution in [0.1, 0.15) is 32.6 Å². The minimum absolute atomic E-state index is 0.0331. The van der Waals surface area contributed by atoms with Crippen LogP contribution in [0.15, 0.2) is 0 Å². The van der Waals surface area contributed by atoms with Gasteiger partial charge >= 0.3 is 5.97 Å². The molecule has 0 saturated carbocycles. The lowest BCUT2D eigenvalue weighted by atomic mass is 9.77. The first-order valence-electron chi connectivity index (χ1n) is 5.00. The molecule has 1 saturated heterocycles. The molecule has 1 unspecified atom stereocenters. The van der Waals surface area contributed by atoms with Crippen molar-refractivity contribution in [3.63, 3.8) is 0 Å². The summed E-state index contributed by atoms with van der Waals surface area (Å²) in [4.78, 5) is 22.2. The predicted octanol–water partition coefficient (Wildman–Crippen LogP) is 0.810. The topological polar surface area (TPSA) is 66.4 Å². The zero-order valence-electron chi connectivity index (χ0n) is 8.51. The third kappa shape index (κ3) is 2.54. The number of nitrogens with one attached hydrogen (secondary N) is 1. The SMILES string of the molecule is CC(=O)CC1(C(=O)O)CCCNCC1. The second kappa shape index (κ2) is 4.55. The summed E-state index contributed by atoms with van der Waals surface area (Å²) in [5, 5.41) is 12.3. The molecule has 0 bridgehead atoms. The molecule has 1 atom stereocenters. The minimum Gasteiger partial charge on any atom is -0.481 e. The zero-order chi connectivity index (χ0) is 10.6. The van der Waals surface area contributed by atoms with Gasteiger partial charge in [-0.05, 0) is 39.3 Å². The van der Waals surface area contributed by atoms with Crippen LogP contribution in [-0.4, -0.2) is 29.9 Å². The Labute approximate surface area is 83.7 Å². The molecule has 14 heavy (non-hydrogen) atoms. The highest BCUT2D eigenvalue weighted by molar-refractivity contribution is 5.84. The fraction of sp³-hybridized carbons (Fsp3) is 0.800. The van der Waals surface area contributed by atoms with Crippen molar-refractivity contribution in [2.45, 2.75) is 32.6 Å². The molecular formula is C10H17NO3. The van der Waals surface area contributed by atoms with Crippen molar-refractivity contribution in [2.24, 2.45) is 5.41 Å². The van der Waals surface area contributed by atoms with E-state index in [2.05, 4.69) is 5.32 Å². The van der Waals surface area contributed by atoms with Gasteiger partial charge in [0, 0.05) is 6.42 Å². The quantitative estimate of drug-likeness (QED) is 0.706. The molecule has 4 nitrogen and oxygen atoms in total. The summed E-state index contributed by atoms with van der Waals surface area (Å²) < 4.78 is 0. The van der Waals surface area contributed by atoms with Gasteiger partial charge in [0.05, 0.1) is 5.41 Å². The molecule has 1 rings (SSSR count). The van der Waals surface area contributed by atoms with E-state index in [0.29, 0.717) is 19.4 Å². The number of rotatable bonds is 3. The molecular weight excluding hydrogens is 182 g/mol. The van der Waals surface area contributed by atoms with Crippen molar-refractivity contribution < 1.29 is 14.7 Å². The number of carboxylic acid groups (broad SMARTS) is 1. The van der Waals surface area contributed by atoms with Gasteiger partial charge in [0.2, 0.25) is 0 Å². The summed E-state index contributed by atoms with van der Waals surface area (Å²) in [7, 11) is 0. The Morgan fingerprint density at radius 3 is 2.64 bits per heavy atom. The van der Waals surface area contributed by atoms with Crippen molar-refractivity contribution >= 4 is 11.8 Å². The number of carbonyl (C=O) groups excluding carboxylic acids is 1. The number of hydrogen-bond acceptors (Lipinski definition) is 3. The van der Waals surface area contributed by atoms with E-state index in [1.165, 1.54) is 6.92 Å². The first-order valence-corrected chi connectivity index (χ1v) is 5.00. The van der Waals surface area contributed by atoms with E-state index < -0.39 is 11.4 Å². The maximum atomic E-state index is 11.2. The Bertz CT molecular complexity index is 230. The van der Waals surface area contributed by atoms with Gasteiger partial charge in [-0.2, -0.15) is 0 Å². The van der Waals surface area contributed by atoms with Crippen LogP contribution < -0.4 is 5.32 Å². The fourth-order valence-electron chi connectivity index (χ4n) is 2.07. The Balaban J connectivity index is 2.77. The van der Waals surface area contributed by atoms with Gasteiger partial charge in [-0.1, -0.05) is 0 Å². The molecule has 0 amide bonds. The van der Waals surface area contributed by atoms with Crippen LogP contribution in [0.5, 0.6) is 0 Å². The molecule has 1 fully saturated rings. The molecule has 1 heterocycles. The maximum absolute atomic E-state index is 11.2. The van der Waals surface area contributed by atoms with Gasteiger partial charge in [-0.25, -0.2) is 0 Å². The molecule has 2 N–H and O–H groups in total. The molecule has 0 aromatic carbocycles. The number of carbonyl (C=O) groups is 2. The van der Waals surface area contributed by atoms with E-state index in [1.54, 1.807) is 0 Å². The van der Waals surface area contributed by atoms with Gasteiger partial charge in [-0.15, -0.1) is 0 Å². The predicted molar refractivity (Wildman–Crippen MR) is 52.1 cm³/mol. The van der Waals surface area contributed by atoms with Crippen LogP contribution in [0.2, 0.25) is 0 Å². The van der Waals surface area contributed by atoms with E-state index in [-0.39, 0.29) is 12.2 Å². The molecule has 4 heteroatoms. The minimum atomic E-state index is -0.823. The molecule has 80 valence electrons. The standard InChI is InChI=1S/C10H17NO3/c1-8(12)7-10(9(13)14)3-2-5-11-6-4-10/h11H,2-7H2,1H3,(H,13,14). The summed E-state index contributed by atoms with van der Waals surface area (Å²) in [5.41, 5.74) is -0.810. The van der Waals surface area contributed by atoms with E-state index in [1.807, 2.05) is 0 Å². The van der Waals surface area contributed by atoms with E-state index in [9.17, 15) is 14.7 Å². The summed E-state index contributed by atoms with van der Waals surface area (Å²) in [6.45, 7) is 3.01. The zero-order valence-corrected chi connectivity index (χ0v) is 8.51. The highest BCUT2D eigenvalue weighted by atomic mass is 16.4. The van der Waals surface area contributed by atoms with Crippen LogP contribution >= 0.6 is 0 Å². The third-order valence-electron chi connectivity index (χ3n) is 2.83. The van der Waals surface area contributed by atoms with E-state index in [4.69, 9.17) is 0 Å². The van der Waals surface area contributed by atoms with E-state index >= 15 is 0 Å². The average molecular weight is 199 g/mol. The number of Topliss-reactive ketones (excluding diaryl/α,β-unsaturated/α-hetero) is 1.